The number of carbonyl (C=O) groups is 1. The molecule has 0 unspecified atom stereocenters. The van der Waals surface area contributed by atoms with Crippen molar-refractivity contribution < 1.29 is 14.3 Å². The molecule has 2 aromatic rings. The van der Waals surface area contributed by atoms with Crippen molar-refractivity contribution in [2.45, 2.75) is 13.8 Å². The number of rotatable bonds is 7. The molecule has 0 heterocycles. The number of hydrogen-bond donors (Lipinski definition) is 2. The van der Waals surface area contributed by atoms with Gasteiger partial charge in [0, 0.05) is 11.8 Å². The Kier molecular flexibility index (Phi) is 7.82. The highest BCUT2D eigenvalue weighted by molar-refractivity contribution is 7.80. The molecule has 0 atom stereocenters. The molecule has 0 aromatic heterocycles. The average molecular weight is 385 g/mol. The molecule has 2 rings (SSSR count). The van der Waals surface area contributed by atoms with Crippen molar-refractivity contribution >= 4 is 35.0 Å². The minimum atomic E-state index is -0.305. The molecule has 0 aliphatic rings. The summed E-state index contributed by atoms with van der Waals surface area (Å²) in [7, 11) is 1.61. The summed E-state index contributed by atoms with van der Waals surface area (Å²) < 4.78 is 10.7. The predicted octanol–water partition coefficient (Wildman–Crippen LogP) is 4.26. The third-order valence-electron chi connectivity index (χ3n) is 3.48. The Balaban J connectivity index is 1.81. The molecule has 142 valence electrons. The second-order valence-electron chi connectivity index (χ2n) is 6.28. The quantitative estimate of drug-likeness (QED) is 0.552. The number of benzene rings is 2. The maximum Gasteiger partial charge on any atom is 0.250 e. The Labute approximate surface area is 165 Å². The summed E-state index contributed by atoms with van der Waals surface area (Å²) >= 11 is 5.17. The number of thiocarbonyl (C=S) groups is 1. The molecule has 6 heteroatoms. The molecule has 0 saturated heterocycles. The highest BCUT2D eigenvalue weighted by Crippen LogP contribution is 2.16. The van der Waals surface area contributed by atoms with Crippen molar-refractivity contribution in [2.24, 2.45) is 5.92 Å². The van der Waals surface area contributed by atoms with Crippen molar-refractivity contribution in [3.05, 3.63) is 60.2 Å². The topological polar surface area (TPSA) is 59.6 Å². The molecule has 0 spiro atoms. The number of ether oxygens (including phenoxy) is 2. The number of nitrogens with one attached hydrogen (secondary N) is 2. The lowest BCUT2D eigenvalue weighted by molar-refractivity contribution is -0.115. The van der Waals surface area contributed by atoms with Crippen molar-refractivity contribution in [3.63, 3.8) is 0 Å². The molecule has 1 amide bonds. The maximum absolute atomic E-state index is 12.0. The summed E-state index contributed by atoms with van der Waals surface area (Å²) in [4.78, 5) is 12.0. The summed E-state index contributed by atoms with van der Waals surface area (Å²) in [5.41, 5.74) is 1.66. The van der Waals surface area contributed by atoms with Crippen LogP contribution in [-0.2, 0) is 4.79 Å². The van der Waals surface area contributed by atoms with Crippen LogP contribution in [0.4, 0.5) is 5.69 Å². The fourth-order valence-electron chi connectivity index (χ4n) is 2.10. The molecule has 2 aromatic carbocycles. The summed E-state index contributed by atoms with van der Waals surface area (Å²) in [5, 5.41) is 5.82. The van der Waals surface area contributed by atoms with E-state index in [1.807, 2.05) is 48.5 Å². The minimum Gasteiger partial charge on any atom is -0.497 e. The molecule has 0 bridgehead atoms. The van der Waals surface area contributed by atoms with Gasteiger partial charge in [-0.2, -0.15) is 0 Å². The lowest BCUT2D eigenvalue weighted by Crippen LogP contribution is -2.32. The molecule has 0 radical (unpaired) electrons. The number of carbonyl (C=O) groups excluding carboxylic acids is 1. The molecule has 27 heavy (non-hydrogen) atoms. The monoisotopic (exact) mass is 384 g/mol. The largest absolute Gasteiger partial charge is 0.497 e. The third-order valence-corrected chi connectivity index (χ3v) is 3.68. The minimum absolute atomic E-state index is 0.232. The highest BCUT2D eigenvalue weighted by atomic mass is 32.1. The Hall–Kier alpha value is -2.86. The first-order valence-electron chi connectivity index (χ1n) is 8.63. The van der Waals surface area contributed by atoms with Gasteiger partial charge in [0.05, 0.1) is 13.7 Å². The van der Waals surface area contributed by atoms with E-state index < -0.39 is 0 Å². The molecule has 2 N–H and O–H groups in total. The Morgan fingerprint density at radius 3 is 2.30 bits per heavy atom. The van der Waals surface area contributed by atoms with Crippen LogP contribution in [0.2, 0.25) is 0 Å². The first-order valence-corrected chi connectivity index (χ1v) is 9.04. The predicted molar refractivity (Wildman–Crippen MR) is 113 cm³/mol. The first kappa shape index (κ1) is 20.5. The second-order valence-corrected chi connectivity index (χ2v) is 6.69. The van der Waals surface area contributed by atoms with Crippen LogP contribution >= 0.6 is 12.2 Å². The van der Waals surface area contributed by atoms with Crippen LogP contribution in [0.25, 0.3) is 6.08 Å². The SMILES string of the molecule is COc1ccc(/C=C/C(=O)NC(=S)Nc2ccc(OCC(C)C)cc2)cc1. The van der Waals surface area contributed by atoms with E-state index in [0.717, 1.165) is 22.7 Å². The Bertz CT molecular complexity index is 784. The molecule has 0 fully saturated rings. The Morgan fingerprint density at radius 2 is 1.70 bits per heavy atom. The lowest BCUT2D eigenvalue weighted by Gasteiger charge is -2.11. The number of anilines is 1. The Morgan fingerprint density at radius 1 is 1.07 bits per heavy atom. The van der Waals surface area contributed by atoms with Gasteiger partial charge in [0.2, 0.25) is 5.91 Å². The first-order chi connectivity index (χ1) is 13.0. The summed E-state index contributed by atoms with van der Waals surface area (Å²) in [6.45, 7) is 4.86. The van der Waals surface area contributed by atoms with Gasteiger partial charge >= 0.3 is 0 Å². The van der Waals surface area contributed by atoms with E-state index in [2.05, 4.69) is 24.5 Å². The maximum atomic E-state index is 12.0. The van der Waals surface area contributed by atoms with Gasteiger partial charge in [0.15, 0.2) is 5.11 Å². The van der Waals surface area contributed by atoms with Crippen LogP contribution in [-0.4, -0.2) is 24.7 Å². The smallest absolute Gasteiger partial charge is 0.250 e. The molecule has 0 aliphatic carbocycles. The van der Waals surface area contributed by atoms with Crippen molar-refractivity contribution in [1.82, 2.24) is 5.32 Å². The molecule has 5 nitrogen and oxygen atoms in total. The molecular formula is C21H24N2O3S. The van der Waals surface area contributed by atoms with Gasteiger partial charge < -0.3 is 14.8 Å². The summed E-state index contributed by atoms with van der Waals surface area (Å²) in [6, 6.07) is 14.8. The van der Waals surface area contributed by atoms with Gasteiger partial charge in [0.1, 0.15) is 11.5 Å². The van der Waals surface area contributed by atoms with Gasteiger partial charge in [-0.3, -0.25) is 10.1 Å². The fourth-order valence-corrected chi connectivity index (χ4v) is 2.32. The van der Waals surface area contributed by atoms with Crippen molar-refractivity contribution in [1.29, 1.82) is 0 Å². The zero-order valence-corrected chi connectivity index (χ0v) is 16.5. The average Bonchev–Trinajstić information content (AvgIpc) is 2.66. The van der Waals surface area contributed by atoms with Crippen molar-refractivity contribution in [2.75, 3.05) is 19.0 Å². The summed E-state index contributed by atoms with van der Waals surface area (Å²) in [5.74, 6) is 1.73. The third kappa shape index (κ3) is 7.50. The van der Waals surface area contributed by atoms with E-state index in [1.54, 1.807) is 13.2 Å². The fraction of sp³-hybridized carbons (Fsp3) is 0.238. The standard InChI is InChI=1S/C21H24N2O3S/c1-15(2)14-26-19-11-7-17(8-12-19)22-21(27)23-20(24)13-6-16-4-9-18(25-3)10-5-16/h4-13,15H,14H2,1-3H3,(H2,22,23,24,27)/b13-6+. The normalized spacial score (nSPS) is 10.7. The van der Waals surface area contributed by atoms with E-state index in [1.165, 1.54) is 6.08 Å². The summed E-state index contributed by atoms with van der Waals surface area (Å²) in [6.07, 6.45) is 3.14. The second kappa shape index (κ2) is 10.3. The van der Waals surface area contributed by atoms with Gasteiger partial charge in [-0.25, -0.2) is 0 Å². The van der Waals surface area contributed by atoms with Gasteiger partial charge in [-0.05, 0) is 66.2 Å². The number of methoxy groups -OCH3 is 1. The van der Waals surface area contributed by atoms with E-state index in [9.17, 15) is 4.79 Å². The van der Waals surface area contributed by atoms with Crippen LogP contribution in [0.3, 0.4) is 0 Å². The molecule has 0 saturated carbocycles. The highest BCUT2D eigenvalue weighted by Gasteiger charge is 2.03. The number of amides is 1. The molecule has 0 aliphatic heterocycles. The van der Waals surface area contributed by atoms with Gasteiger partial charge in [-0.15, -0.1) is 0 Å². The zero-order valence-electron chi connectivity index (χ0n) is 15.7. The van der Waals surface area contributed by atoms with E-state index in [-0.39, 0.29) is 11.0 Å². The van der Waals surface area contributed by atoms with Crippen LogP contribution in [0, 0.1) is 5.92 Å². The van der Waals surface area contributed by atoms with Gasteiger partial charge in [0.25, 0.3) is 0 Å². The zero-order chi connectivity index (χ0) is 19.6. The van der Waals surface area contributed by atoms with Crippen LogP contribution in [0.15, 0.2) is 54.6 Å². The number of hydrogen-bond acceptors (Lipinski definition) is 4. The van der Waals surface area contributed by atoms with E-state index >= 15 is 0 Å². The van der Waals surface area contributed by atoms with Crippen LogP contribution in [0.1, 0.15) is 19.4 Å². The molecular weight excluding hydrogens is 360 g/mol. The van der Waals surface area contributed by atoms with E-state index in [0.29, 0.717) is 12.5 Å². The van der Waals surface area contributed by atoms with Crippen LogP contribution < -0.4 is 20.1 Å². The van der Waals surface area contributed by atoms with Crippen molar-refractivity contribution in [3.8, 4) is 11.5 Å². The van der Waals surface area contributed by atoms with Crippen LogP contribution in [0.5, 0.6) is 11.5 Å². The lowest BCUT2D eigenvalue weighted by atomic mass is 10.2. The van der Waals surface area contributed by atoms with Gasteiger partial charge in [-0.1, -0.05) is 26.0 Å². The van der Waals surface area contributed by atoms with E-state index in [4.69, 9.17) is 21.7 Å².